The van der Waals surface area contributed by atoms with E-state index < -0.39 is 0 Å². The summed E-state index contributed by atoms with van der Waals surface area (Å²) in [6, 6.07) is -0.356. The Labute approximate surface area is 123 Å². The van der Waals surface area contributed by atoms with Gasteiger partial charge in [0.25, 0.3) is 0 Å². The summed E-state index contributed by atoms with van der Waals surface area (Å²) in [6.07, 6.45) is 6.58. The van der Waals surface area contributed by atoms with E-state index in [1.54, 1.807) is 0 Å². The number of carbonyl (C=O) groups excluding carboxylic acids is 2. The van der Waals surface area contributed by atoms with Crippen molar-refractivity contribution in [3.8, 4) is 0 Å². The van der Waals surface area contributed by atoms with E-state index in [0.717, 1.165) is 12.5 Å². The molecule has 0 saturated heterocycles. The smallest absolute Gasteiger partial charge is 0.234 e. The molecule has 4 nitrogen and oxygen atoms in total. The third-order valence-corrected chi connectivity index (χ3v) is 4.13. The summed E-state index contributed by atoms with van der Waals surface area (Å²) in [7, 11) is 1.99. The first-order valence-electron chi connectivity index (χ1n) is 7.88. The normalized spacial score (nSPS) is 18.3. The van der Waals surface area contributed by atoms with E-state index in [-0.39, 0.29) is 23.7 Å². The molecule has 1 amide bonds. The third-order valence-electron chi connectivity index (χ3n) is 4.13. The van der Waals surface area contributed by atoms with Gasteiger partial charge >= 0.3 is 0 Å². The molecule has 1 N–H and O–H groups in total. The SMILES string of the molecule is CC(=O)C(NC(=O)CN(C)CC1CCCCC1)C(C)C. The van der Waals surface area contributed by atoms with Crippen LogP contribution in [-0.2, 0) is 9.59 Å². The molecule has 0 aromatic carbocycles. The first-order valence-corrected chi connectivity index (χ1v) is 7.88. The number of likely N-dealkylation sites (N-methyl/N-ethyl adjacent to an activating group) is 1. The van der Waals surface area contributed by atoms with Crippen LogP contribution in [0.15, 0.2) is 0 Å². The molecule has 116 valence electrons. The van der Waals surface area contributed by atoms with Gasteiger partial charge in [0, 0.05) is 6.54 Å². The number of ketones is 1. The number of nitrogens with zero attached hydrogens (tertiary/aromatic N) is 1. The number of hydrogen-bond donors (Lipinski definition) is 1. The maximum Gasteiger partial charge on any atom is 0.234 e. The Balaban J connectivity index is 2.34. The van der Waals surface area contributed by atoms with Crippen molar-refractivity contribution in [3.05, 3.63) is 0 Å². The van der Waals surface area contributed by atoms with Crippen LogP contribution >= 0.6 is 0 Å². The van der Waals surface area contributed by atoms with Crippen molar-refractivity contribution in [3.63, 3.8) is 0 Å². The van der Waals surface area contributed by atoms with Crippen molar-refractivity contribution in [2.45, 2.75) is 58.9 Å². The van der Waals surface area contributed by atoms with Gasteiger partial charge in [-0.1, -0.05) is 33.1 Å². The number of rotatable bonds is 7. The minimum atomic E-state index is -0.356. The van der Waals surface area contributed by atoms with Crippen molar-refractivity contribution >= 4 is 11.7 Å². The van der Waals surface area contributed by atoms with Crippen molar-refractivity contribution in [2.24, 2.45) is 11.8 Å². The van der Waals surface area contributed by atoms with Crippen molar-refractivity contribution in [1.82, 2.24) is 10.2 Å². The molecule has 0 radical (unpaired) electrons. The highest BCUT2D eigenvalue weighted by Gasteiger charge is 2.22. The highest BCUT2D eigenvalue weighted by atomic mass is 16.2. The van der Waals surface area contributed by atoms with Gasteiger partial charge in [-0.25, -0.2) is 0 Å². The second kappa shape index (κ2) is 8.40. The first-order chi connectivity index (χ1) is 9.40. The topological polar surface area (TPSA) is 49.4 Å². The lowest BCUT2D eigenvalue weighted by Gasteiger charge is -2.27. The molecule has 1 aliphatic carbocycles. The van der Waals surface area contributed by atoms with E-state index in [1.807, 2.05) is 20.9 Å². The number of Topliss-reactive ketones (excluding diaryl/α,β-unsaturated/α-hetero) is 1. The van der Waals surface area contributed by atoms with Gasteiger partial charge in [0.15, 0.2) is 5.78 Å². The lowest BCUT2D eigenvalue weighted by molar-refractivity contribution is -0.128. The second-order valence-electron chi connectivity index (χ2n) is 6.60. The Morgan fingerprint density at radius 2 is 1.80 bits per heavy atom. The minimum absolute atomic E-state index is 0.0308. The molecular weight excluding hydrogens is 252 g/mol. The van der Waals surface area contributed by atoms with Crippen LogP contribution in [0.2, 0.25) is 0 Å². The summed E-state index contributed by atoms with van der Waals surface area (Å²) >= 11 is 0. The van der Waals surface area contributed by atoms with Crippen LogP contribution in [-0.4, -0.2) is 42.8 Å². The van der Waals surface area contributed by atoms with Crippen molar-refractivity contribution in [2.75, 3.05) is 20.1 Å². The molecule has 1 fully saturated rings. The lowest BCUT2D eigenvalue weighted by Crippen LogP contribution is -2.47. The van der Waals surface area contributed by atoms with Gasteiger partial charge in [0.2, 0.25) is 5.91 Å². The summed E-state index contributed by atoms with van der Waals surface area (Å²) in [5.74, 6) is 0.857. The predicted octanol–water partition coefficient (Wildman–Crippen LogP) is 2.23. The van der Waals surface area contributed by atoms with Crippen LogP contribution in [0.5, 0.6) is 0 Å². The molecular formula is C16H30N2O2. The van der Waals surface area contributed by atoms with Gasteiger partial charge in [-0.15, -0.1) is 0 Å². The van der Waals surface area contributed by atoms with Crippen LogP contribution < -0.4 is 5.32 Å². The maximum absolute atomic E-state index is 12.0. The van der Waals surface area contributed by atoms with Gasteiger partial charge in [-0.05, 0) is 38.6 Å². The highest BCUT2D eigenvalue weighted by Crippen LogP contribution is 2.23. The van der Waals surface area contributed by atoms with Crippen molar-refractivity contribution < 1.29 is 9.59 Å². The van der Waals surface area contributed by atoms with Crippen molar-refractivity contribution in [1.29, 1.82) is 0 Å². The van der Waals surface area contributed by atoms with Gasteiger partial charge in [-0.2, -0.15) is 0 Å². The Morgan fingerprint density at radius 1 is 1.20 bits per heavy atom. The van der Waals surface area contributed by atoms with Crippen LogP contribution in [0.3, 0.4) is 0 Å². The summed E-state index contributed by atoms with van der Waals surface area (Å²) in [5, 5.41) is 2.85. The third kappa shape index (κ3) is 6.04. The first kappa shape index (κ1) is 17.2. The number of hydrogen-bond acceptors (Lipinski definition) is 3. The number of amides is 1. The molecule has 0 aliphatic heterocycles. The van der Waals surface area contributed by atoms with E-state index >= 15 is 0 Å². The fraction of sp³-hybridized carbons (Fsp3) is 0.875. The minimum Gasteiger partial charge on any atom is -0.345 e. The van der Waals surface area contributed by atoms with E-state index in [9.17, 15) is 9.59 Å². The zero-order chi connectivity index (χ0) is 15.1. The Morgan fingerprint density at radius 3 is 2.30 bits per heavy atom. The largest absolute Gasteiger partial charge is 0.345 e. The van der Waals surface area contributed by atoms with Crippen LogP contribution in [0.1, 0.15) is 52.9 Å². The van der Waals surface area contributed by atoms with Crippen LogP contribution in [0.25, 0.3) is 0 Å². The number of nitrogens with one attached hydrogen (secondary N) is 1. The predicted molar refractivity (Wildman–Crippen MR) is 81.5 cm³/mol. The Kier molecular flexibility index (Phi) is 7.20. The standard InChI is InChI=1S/C16H30N2O2/c1-12(2)16(13(3)19)17-15(20)11-18(4)10-14-8-6-5-7-9-14/h12,14,16H,5-11H2,1-4H3,(H,17,20). The molecule has 0 spiro atoms. The molecule has 1 rings (SSSR count). The van der Waals surface area contributed by atoms with E-state index in [4.69, 9.17) is 0 Å². The second-order valence-corrected chi connectivity index (χ2v) is 6.60. The van der Waals surface area contributed by atoms with Crippen LogP contribution in [0, 0.1) is 11.8 Å². The molecule has 0 heterocycles. The molecule has 1 aliphatic rings. The molecule has 1 unspecified atom stereocenters. The van der Waals surface area contributed by atoms with Gasteiger partial charge in [0.05, 0.1) is 12.6 Å². The zero-order valence-electron chi connectivity index (χ0n) is 13.4. The monoisotopic (exact) mass is 282 g/mol. The van der Waals surface area contributed by atoms with E-state index in [1.165, 1.54) is 39.0 Å². The average Bonchev–Trinajstić information content (AvgIpc) is 2.36. The van der Waals surface area contributed by atoms with Gasteiger partial charge < -0.3 is 5.32 Å². The van der Waals surface area contributed by atoms with Gasteiger partial charge in [0.1, 0.15) is 0 Å². The summed E-state index contributed by atoms with van der Waals surface area (Å²) in [4.78, 5) is 25.6. The average molecular weight is 282 g/mol. The molecule has 0 bridgehead atoms. The molecule has 0 aromatic rings. The molecule has 4 heteroatoms. The fourth-order valence-corrected chi connectivity index (χ4v) is 3.08. The molecule has 1 saturated carbocycles. The van der Waals surface area contributed by atoms with E-state index in [2.05, 4.69) is 10.2 Å². The Hall–Kier alpha value is -0.900. The number of carbonyl (C=O) groups is 2. The molecule has 1 atom stereocenters. The maximum atomic E-state index is 12.0. The lowest BCUT2D eigenvalue weighted by atomic mass is 9.89. The fourth-order valence-electron chi connectivity index (χ4n) is 3.08. The summed E-state index contributed by atoms with van der Waals surface area (Å²) in [6.45, 7) is 6.82. The Bertz CT molecular complexity index is 322. The summed E-state index contributed by atoms with van der Waals surface area (Å²) in [5.41, 5.74) is 0. The molecule has 20 heavy (non-hydrogen) atoms. The highest BCUT2D eigenvalue weighted by molar-refractivity contribution is 5.88. The quantitative estimate of drug-likeness (QED) is 0.779. The zero-order valence-corrected chi connectivity index (χ0v) is 13.4. The van der Waals surface area contributed by atoms with E-state index in [0.29, 0.717) is 6.54 Å². The summed E-state index contributed by atoms with van der Waals surface area (Å²) < 4.78 is 0. The van der Waals surface area contributed by atoms with Crippen LogP contribution in [0.4, 0.5) is 0 Å². The molecule has 0 aromatic heterocycles. The van der Waals surface area contributed by atoms with Gasteiger partial charge in [-0.3, -0.25) is 14.5 Å².